The Morgan fingerprint density at radius 3 is 2.43 bits per heavy atom. The Bertz CT molecular complexity index is 1820. The van der Waals surface area contributed by atoms with Gasteiger partial charge in [-0.1, -0.05) is 54.6 Å². The van der Waals surface area contributed by atoms with E-state index in [1.54, 1.807) is 19.4 Å². The Balaban J connectivity index is 1.32. The molecular formula is C31H22N2O4. The molecule has 0 atom stereocenters. The number of ketones is 1. The number of fused-ring (bicyclic) bond motifs is 3. The summed E-state index contributed by atoms with van der Waals surface area (Å²) in [5.41, 5.74) is 3.90. The summed E-state index contributed by atoms with van der Waals surface area (Å²) in [4.78, 5) is 34.0. The number of aromatic amines is 1. The summed E-state index contributed by atoms with van der Waals surface area (Å²) in [5, 5.41) is 3.54. The number of methoxy groups -OCH3 is 1. The molecule has 6 rings (SSSR count). The minimum absolute atomic E-state index is 0.269. The van der Waals surface area contributed by atoms with Crippen molar-refractivity contribution in [2.24, 2.45) is 0 Å². The van der Waals surface area contributed by atoms with E-state index in [0.29, 0.717) is 27.7 Å². The molecule has 0 aliphatic carbocycles. The first kappa shape index (κ1) is 22.5. The number of carbonyl (C=O) groups excluding carboxylic acids is 2. The van der Waals surface area contributed by atoms with Crippen LogP contribution in [-0.4, -0.2) is 35.4 Å². The zero-order valence-electron chi connectivity index (χ0n) is 20.0. The van der Waals surface area contributed by atoms with Crippen molar-refractivity contribution in [3.8, 4) is 17.0 Å². The summed E-state index contributed by atoms with van der Waals surface area (Å²) >= 11 is 0. The molecule has 0 amide bonds. The number of rotatable bonds is 6. The summed E-state index contributed by atoms with van der Waals surface area (Å²) < 4.78 is 10.8. The van der Waals surface area contributed by atoms with Crippen molar-refractivity contribution in [1.29, 1.82) is 0 Å². The Morgan fingerprint density at radius 1 is 0.811 bits per heavy atom. The predicted molar refractivity (Wildman–Crippen MR) is 144 cm³/mol. The van der Waals surface area contributed by atoms with Crippen LogP contribution >= 0.6 is 0 Å². The van der Waals surface area contributed by atoms with Crippen molar-refractivity contribution >= 4 is 44.3 Å². The highest BCUT2D eigenvalue weighted by atomic mass is 16.5. The van der Waals surface area contributed by atoms with Gasteiger partial charge in [-0.3, -0.25) is 4.79 Å². The topological polar surface area (TPSA) is 81.3 Å². The fourth-order valence-corrected chi connectivity index (χ4v) is 4.59. The molecule has 0 aliphatic heterocycles. The van der Waals surface area contributed by atoms with Gasteiger partial charge in [0.05, 0.1) is 23.9 Å². The lowest BCUT2D eigenvalue weighted by molar-refractivity contribution is 0.0477. The van der Waals surface area contributed by atoms with Crippen LogP contribution in [0.2, 0.25) is 0 Å². The van der Waals surface area contributed by atoms with E-state index in [2.05, 4.69) is 4.98 Å². The third-order valence-electron chi connectivity index (χ3n) is 6.50. The molecule has 6 nitrogen and oxygen atoms in total. The van der Waals surface area contributed by atoms with Crippen molar-refractivity contribution in [3.63, 3.8) is 0 Å². The fourth-order valence-electron chi connectivity index (χ4n) is 4.59. The molecule has 0 bridgehead atoms. The van der Waals surface area contributed by atoms with E-state index in [1.807, 2.05) is 84.9 Å². The van der Waals surface area contributed by atoms with E-state index in [1.165, 1.54) is 0 Å². The molecule has 0 aliphatic rings. The summed E-state index contributed by atoms with van der Waals surface area (Å²) in [6.45, 7) is -0.357. The highest BCUT2D eigenvalue weighted by Crippen LogP contribution is 2.29. The number of aromatic nitrogens is 2. The molecule has 180 valence electrons. The summed E-state index contributed by atoms with van der Waals surface area (Å²) in [7, 11) is 1.64. The number of nitrogens with zero attached hydrogens (tertiary/aromatic N) is 1. The highest BCUT2D eigenvalue weighted by Gasteiger charge is 2.19. The SMILES string of the molecule is COc1ccc2cc(-c3cc(C(=O)OCC(=O)c4c[nH]c5ccccc45)c4ccccc4n3)ccc2c1. The van der Waals surface area contributed by atoms with Gasteiger partial charge in [-0.05, 0) is 47.2 Å². The van der Waals surface area contributed by atoms with E-state index in [4.69, 9.17) is 14.5 Å². The van der Waals surface area contributed by atoms with Crippen LogP contribution < -0.4 is 4.74 Å². The molecule has 0 saturated carbocycles. The van der Waals surface area contributed by atoms with E-state index in [9.17, 15) is 9.59 Å². The van der Waals surface area contributed by atoms with Gasteiger partial charge in [-0.25, -0.2) is 9.78 Å². The Morgan fingerprint density at radius 2 is 1.57 bits per heavy atom. The molecule has 37 heavy (non-hydrogen) atoms. The first-order valence-corrected chi connectivity index (χ1v) is 11.8. The van der Waals surface area contributed by atoms with Crippen LogP contribution in [0.3, 0.4) is 0 Å². The van der Waals surface area contributed by atoms with E-state index in [-0.39, 0.29) is 12.4 Å². The lowest BCUT2D eigenvalue weighted by Gasteiger charge is -2.11. The minimum atomic E-state index is -0.571. The number of esters is 1. The van der Waals surface area contributed by atoms with E-state index in [0.717, 1.165) is 33.0 Å². The lowest BCUT2D eigenvalue weighted by Crippen LogP contribution is -2.14. The second kappa shape index (κ2) is 9.24. The maximum absolute atomic E-state index is 13.2. The summed E-state index contributed by atoms with van der Waals surface area (Å²) in [5.74, 6) is -0.0517. The number of Topliss-reactive ketones (excluding diaryl/α,β-unsaturated/α-hetero) is 1. The number of para-hydroxylation sites is 2. The van der Waals surface area contributed by atoms with E-state index >= 15 is 0 Å². The Hall–Kier alpha value is -4.97. The summed E-state index contributed by atoms with van der Waals surface area (Å²) in [6.07, 6.45) is 1.65. The maximum Gasteiger partial charge on any atom is 0.339 e. The highest BCUT2D eigenvalue weighted by molar-refractivity contribution is 6.10. The molecule has 6 aromatic rings. The largest absolute Gasteiger partial charge is 0.497 e. The van der Waals surface area contributed by atoms with Gasteiger partial charge in [0, 0.05) is 33.6 Å². The lowest BCUT2D eigenvalue weighted by atomic mass is 10.0. The number of nitrogens with one attached hydrogen (secondary N) is 1. The Kier molecular flexibility index (Phi) is 5.62. The first-order valence-electron chi connectivity index (χ1n) is 11.8. The average Bonchev–Trinajstić information content (AvgIpc) is 3.39. The zero-order chi connectivity index (χ0) is 25.4. The zero-order valence-corrected chi connectivity index (χ0v) is 20.0. The van der Waals surface area contributed by atoms with Crippen molar-refractivity contribution in [3.05, 3.63) is 108 Å². The van der Waals surface area contributed by atoms with Crippen LogP contribution in [0.4, 0.5) is 0 Å². The number of hydrogen-bond acceptors (Lipinski definition) is 5. The number of H-pyrrole nitrogens is 1. The molecule has 2 aromatic heterocycles. The van der Waals surface area contributed by atoms with Gasteiger partial charge in [0.15, 0.2) is 6.61 Å². The quantitative estimate of drug-likeness (QED) is 0.212. The van der Waals surface area contributed by atoms with Crippen LogP contribution in [0.1, 0.15) is 20.7 Å². The molecule has 1 N–H and O–H groups in total. The standard InChI is InChI=1S/C31H22N2O4/c1-36-22-13-12-19-14-21(11-10-20(19)15-22)29-16-25(23-6-3-5-9-28(23)33-29)31(35)37-18-30(34)26-17-32-27-8-4-2-7-24(26)27/h2-17,32H,18H2,1H3. The van der Waals surface area contributed by atoms with E-state index < -0.39 is 5.97 Å². The number of pyridine rings is 1. The molecule has 0 unspecified atom stereocenters. The Labute approximate surface area is 212 Å². The number of ether oxygens (including phenoxy) is 2. The molecule has 0 fully saturated rings. The predicted octanol–water partition coefficient (Wildman–Crippen LogP) is 6.58. The van der Waals surface area contributed by atoms with Crippen molar-refractivity contribution in [1.82, 2.24) is 9.97 Å². The van der Waals surface area contributed by atoms with Gasteiger partial charge in [-0.2, -0.15) is 0 Å². The minimum Gasteiger partial charge on any atom is -0.497 e. The molecule has 0 spiro atoms. The monoisotopic (exact) mass is 486 g/mol. The summed E-state index contributed by atoms with van der Waals surface area (Å²) in [6, 6.07) is 28.5. The number of benzene rings is 4. The van der Waals surface area contributed by atoms with Crippen molar-refractivity contribution in [2.45, 2.75) is 0 Å². The smallest absolute Gasteiger partial charge is 0.339 e. The van der Waals surface area contributed by atoms with Crippen LogP contribution in [0.25, 0.3) is 43.8 Å². The molecular weight excluding hydrogens is 464 g/mol. The van der Waals surface area contributed by atoms with Crippen LogP contribution in [0.15, 0.2) is 97.2 Å². The van der Waals surface area contributed by atoms with Gasteiger partial charge < -0.3 is 14.5 Å². The number of hydrogen-bond donors (Lipinski definition) is 1. The second-order valence-electron chi connectivity index (χ2n) is 8.75. The molecule has 2 heterocycles. The van der Waals surface area contributed by atoms with Gasteiger partial charge in [0.1, 0.15) is 5.75 Å². The second-order valence-corrected chi connectivity index (χ2v) is 8.75. The van der Waals surface area contributed by atoms with Gasteiger partial charge in [-0.15, -0.1) is 0 Å². The third-order valence-corrected chi connectivity index (χ3v) is 6.50. The van der Waals surface area contributed by atoms with Gasteiger partial charge >= 0.3 is 5.97 Å². The van der Waals surface area contributed by atoms with Crippen molar-refractivity contribution in [2.75, 3.05) is 13.7 Å². The van der Waals surface area contributed by atoms with Crippen LogP contribution in [0.5, 0.6) is 5.75 Å². The van der Waals surface area contributed by atoms with Crippen molar-refractivity contribution < 1.29 is 19.1 Å². The first-order chi connectivity index (χ1) is 18.1. The number of carbonyl (C=O) groups is 2. The molecule has 6 heteroatoms. The average molecular weight is 487 g/mol. The molecule has 4 aromatic carbocycles. The normalized spacial score (nSPS) is 11.2. The van der Waals surface area contributed by atoms with Crippen LogP contribution in [-0.2, 0) is 4.74 Å². The molecule has 0 saturated heterocycles. The van der Waals surface area contributed by atoms with Crippen LogP contribution in [0, 0.1) is 0 Å². The fraction of sp³-hybridized carbons (Fsp3) is 0.0645. The van der Waals surface area contributed by atoms with Gasteiger partial charge in [0.25, 0.3) is 0 Å². The maximum atomic E-state index is 13.2. The van der Waals surface area contributed by atoms with Gasteiger partial charge in [0.2, 0.25) is 5.78 Å². The third kappa shape index (κ3) is 4.19. The molecule has 0 radical (unpaired) electrons.